The molecule has 0 amide bonds. The van der Waals surface area contributed by atoms with Gasteiger partial charge in [0.2, 0.25) is 0 Å². The quantitative estimate of drug-likeness (QED) is 0.408. The van der Waals surface area contributed by atoms with Gasteiger partial charge >= 0.3 is 5.97 Å². The van der Waals surface area contributed by atoms with Gasteiger partial charge in [-0.3, -0.25) is 0 Å². The van der Waals surface area contributed by atoms with Crippen molar-refractivity contribution >= 4 is 12.0 Å². The molecule has 0 spiro atoms. The summed E-state index contributed by atoms with van der Waals surface area (Å²) in [5, 5.41) is 0. The maximum Gasteiger partial charge on any atom is 0.330 e. The number of carbonyl (C=O) groups excluding carboxylic acids is 1. The molecular formula is C17H24O2. The van der Waals surface area contributed by atoms with Crippen LogP contribution < -0.4 is 0 Å². The number of rotatable bonds is 7. The summed E-state index contributed by atoms with van der Waals surface area (Å²) in [4.78, 5) is 11.4. The zero-order valence-electron chi connectivity index (χ0n) is 12.2. The summed E-state index contributed by atoms with van der Waals surface area (Å²) in [5.41, 5.74) is 2.33. The highest BCUT2D eigenvalue weighted by Gasteiger charge is 1.99. The highest BCUT2D eigenvalue weighted by molar-refractivity contribution is 5.87. The van der Waals surface area contributed by atoms with E-state index in [1.165, 1.54) is 11.6 Å². The van der Waals surface area contributed by atoms with Gasteiger partial charge in [0.05, 0.1) is 6.61 Å². The molecule has 0 heterocycles. The molecule has 1 aromatic carbocycles. The highest BCUT2D eigenvalue weighted by Crippen LogP contribution is 2.15. The number of esters is 1. The summed E-state index contributed by atoms with van der Waals surface area (Å²) >= 11 is 0. The van der Waals surface area contributed by atoms with Crippen LogP contribution in [0.25, 0.3) is 6.08 Å². The van der Waals surface area contributed by atoms with E-state index < -0.39 is 0 Å². The molecule has 0 unspecified atom stereocenters. The molecule has 0 aliphatic heterocycles. The van der Waals surface area contributed by atoms with E-state index in [9.17, 15) is 4.79 Å². The number of benzene rings is 1. The summed E-state index contributed by atoms with van der Waals surface area (Å²) in [5.74, 6) is 0.269. The van der Waals surface area contributed by atoms with Crippen LogP contribution in [0.3, 0.4) is 0 Å². The standard InChI is InChI=1S/C17H24O2/c1-4-5-6-13-19-17(18)12-9-15-7-10-16(11-8-15)14(2)3/h7-12,14H,4-6,13H2,1-3H3/b12-9+. The van der Waals surface area contributed by atoms with Gasteiger partial charge in [0.15, 0.2) is 0 Å². The SMILES string of the molecule is CCCCCOC(=O)/C=C/c1ccc(C(C)C)cc1. The van der Waals surface area contributed by atoms with Crippen LogP contribution in [0.5, 0.6) is 0 Å². The van der Waals surface area contributed by atoms with E-state index in [4.69, 9.17) is 4.74 Å². The van der Waals surface area contributed by atoms with Crippen LogP contribution in [0.1, 0.15) is 57.1 Å². The lowest BCUT2D eigenvalue weighted by molar-refractivity contribution is -0.137. The second kappa shape index (κ2) is 8.52. The number of hydrogen-bond donors (Lipinski definition) is 0. The minimum absolute atomic E-state index is 0.260. The maximum atomic E-state index is 11.4. The van der Waals surface area contributed by atoms with Crippen LogP contribution in [0.2, 0.25) is 0 Å². The molecule has 0 fully saturated rings. The van der Waals surface area contributed by atoms with Crippen LogP contribution in [0.4, 0.5) is 0 Å². The first-order chi connectivity index (χ1) is 9.13. The fourth-order valence-electron chi connectivity index (χ4n) is 1.73. The molecule has 0 saturated heterocycles. The zero-order chi connectivity index (χ0) is 14.1. The largest absolute Gasteiger partial charge is 0.463 e. The van der Waals surface area contributed by atoms with Gasteiger partial charge in [0.1, 0.15) is 0 Å². The monoisotopic (exact) mass is 260 g/mol. The van der Waals surface area contributed by atoms with E-state index in [1.54, 1.807) is 6.08 Å². The molecular weight excluding hydrogens is 236 g/mol. The molecule has 104 valence electrons. The van der Waals surface area contributed by atoms with E-state index in [-0.39, 0.29) is 5.97 Å². The Morgan fingerprint density at radius 3 is 2.47 bits per heavy atom. The van der Waals surface area contributed by atoms with Crippen molar-refractivity contribution in [2.75, 3.05) is 6.61 Å². The summed E-state index contributed by atoms with van der Waals surface area (Å²) in [6.45, 7) is 6.98. The molecule has 0 aromatic heterocycles. The Kier molecular flexibility index (Phi) is 6.94. The van der Waals surface area contributed by atoms with Crippen molar-refractivity contribution in [2.24, 2.45) is 0 Å². The van der Waals surface area contributed by atoms with Gasteiger partial charge < -0.3 is 4.74 Å². The first-order valence-electron chi connectivity index (χ1n) is 7.08. The van der Waals surface area contributed by atoms with Gasteiger partial charge in [-0.25, -0.2) is 4.79 Å². The van der Waals surface area contributed by atoms with Crippen molar-refractivity contribution in [3.8, 4) is 0 Å². The van der Waals surface area contributed by atoms with Gasteiger partial charge in [0, 0.05) is 6.08 Å². The molecule has 0 aliphatic carbocycles. The van der Waals surface area contributed by atoms with E-state index in [1.807, 2.05) is 12.1 Å². The van der Waals surface area contributed by atoms with Gasteiger partial charge in [-0.15, -0.1) is 0 Å². The summed E-state index contributed by atoms with van der Waals surface area (Å²) in [6.07, 6.45) is 6.48. The number of ether oxygens (including phenoxy) is 1. The van der Waals surface area contributed by atoms with Crippen molar-refractivity contribution in [1.82, 2.24) is 0 Å². The lowest BCUT2D eigenvalue weighted by Crippen LogP contribution is -2.01. The molecule has 0 radical (unpaired) electrons. The number of carbonyl (C=O) groups is 1. The van der Waals surface area contributed by atoms with Crippen molar-refractivity contribution in [1.29, 1.82) is 0 Å². The van der Waals surface area contributed by atoms with Crippen LogP contribution in [0.15, 0.2) is 30.3 Å². The van der Waals surface area contributed by atoms with Crippen molar-refractivity contribution in [3.63, 3.8) is 0 Å². The third kappa shape index (κ3) is 6.23. The third-order valence-corrected chi connectivity index (χ3v) is 3.01. The van der Waals surface area contributed by atoms with Crippen LogP contribution >= 0.6 is 0 Å². The summed E-state index contributed by atoms with van der Waals surface area (Å²) in [7, 11) is 0. The van der Waals surface area contributed by atoms with Crippen molar-refractivity contribution in [2.45, 2.75) is 46.0 Å². The maximum absolute atomic E-state index is 11.4. The first kappa shape index (κ1) is 15.5. The Labute approximate surface area is 116 Å². The molecule has 1 rings (SSSR count). The average Bonchev–Trinajstić information content (AvgIpc) is 2.42. The molecule has 0 bridgehead atoms. The zero-order valence-corrected chi connectivity index (χ0v) is 12.2. The van der Waals surface area contributed by atoms with Crippen molar-refractivity contribution < 1.29 is 9.53 Å². The molecule has 0 aliphatic rings. The second-order valence-electron chi connectivity index (χ2n) is 5.03. The minimum atomic E-state index is -0.260. The summed E-state index contributed by atoms with van der Waals surface area (Å²) < 4.78 is 5.10. The Bertz CT molecular complexity index is 402. The van der Waals surface area contributed by atoms with E-state index in [0.29, 0.717) is 12.5 Å². The minimum Gasteiger partial charge on any atom is -0.463 e. The predicted molar refractivity (Wildman–Crippen MR) is 80.0 cm³/mol. The average molecular weight is 260 g/mol. The molecule has 0 N–H and O–H groups in total. The van der Waals surface area contributed by atoms with Crippen LogP contribution in [0, 0.1) is 0 Å². The fraction of sp³-hybridized carbons (Fsp3) is 0.471. The Morgan fingerprint density at radius 1 is 1.21 bits per heavy atom. The van der Waals surface area contributed by atoms with Crippen LogP contribution in [-0.4, -0.2) is 12.6 Å². The lowest BCUT2D eigenvalue weighted by atomic mass is 10.0. The molecule has 2 heteroatoms. The second-order valence-corrected chi connectivity index (χ2v) is 5.03. The molecule has 19 heavy (non-hydrogen) atoms. The first-order valence-corrected chi connectivity index (χ1v) is 7.08. The Hall–Kier alpha value is -1.57. The summed E-state index contributed by atoms with van der Waals surface area (Å²) in [6, 6.07) is 8.24. The third-order valence-electron chi connectivity index (χ3n) is 3.01. The van der Waals surface area contributed by atoms with Gasteiger partial charge in [0.25, 0.3) is 0 Å². The Balaban J connectivity index is 2.40. The highest BCUT2D eigenvalue weighted by atomic mass is 16.5. The van der Waals surface area contributed by atoms with E-state index >= 15 is 0 Å². The fourth-order valence-corrected chi connectivity index (χ4v) is 1.73. The van der Waals surface area contributed by atoms with Gasteiger partial charge in [-0.05, 0) is 29.5 Å². The van der Waals surface area contributed by atoms with Crippen molar-refractivity contribution in [3.05, 3.63) is 41.5 Å². The topological polar surface area (TPSA) is 26.3 Å². The lowest BCUT2D eigenvalue weighted by Gasteiger charge is -2.04. The smallest absolute Gasteiger partial charge is 0.330 e. The molecule has 1 aromatic rings. The van der Waals surface area contributed by atoms with Crippen LogP contribution in [-0.2, 0) is 9.53 Å². The van der Waals surface area contributed by atoms with Gasteiger partial charge in [-0.1, -0.05) is 57.9 Å². The predicted octanol–water partition coefficient (Wildman–Crippen LogP) is 4.56. The molecule has 2 nitrogen and oxygen atoms in total. The van der Waals surface area contributed by atoms with E-state index in [0.717, 1.165) is 24.8 Å². The normalized spacial score (nSPS) is 11.2. The number of unbranched alkanes of at least 4 members (excludes halogenated alkanes) is 2. The van der Waals surface area contributed by atoms with Gasteiger partial charge in [-0.2, -0.15) is 0 Å². The Morgan fingerprint density at radius 2 is 1.89 bits per heavy atom. The number of hydrogen-bond acceptors (Lipinski definition) is 2. The van der Waals surface area contributed by atoms with E-state index in [2.05, 4.69) is 32.9 Å². The molecule has 0 saturated carbocycles. The molecule has 0 atom stereocenters.